The number of carbonyl (C=O) groups excluding carboxylic acids is 1. The summed E-state index contributed by atoms with van der Waals surface area (Å²) in [6.45, 7) is 0.718. The zero-order valence-corrected chi connectivity index (χ0v) is 22.2. The summed E-state index contributed by atoms with van der Waals surface area (Å²) in [4.78, 5) is 27.0. The molecule has 3 aromatic carbocycles. The van der Waals surface area contributed by atoms with Crippen LogP contribution in [0.3, 0.4) is 0 Å². The lowest BCUT2D eigenvalue weighted by atomic mass is 9.74. The van der Waals surface area contributed by atoms with Gasteiger partial charge in [0.1, 0.15) is 0 Å². The summed E-state index contributed by atoms with van der Waals surface area (Å²) in [6.07, 6.45) is 0.715. The van der Waals surface area contributed by atoms with Crippen molar-refractivity contribution in [1.29, 1.82) is 0 Å². The molecule has 0 aromatic heterocycles. The second-order valence-corrected chi connectivity index (χ2v) is 12.3. The Balaban J connectivity index is 1.43. The molecule has 1 spiro atoms. The van der Waals surface area contributed by atoms with E-state index >= 15 is 0 Å². The smallest absolute Gasteiger partial charge is 0.335 e. The summed E-state index contributed by atoms with van der Waals surface area (Å²) in [7, 11) is -3.71. The zero-order chi connectivity index (χ0) is 25.7. The van der Waals surface area contributed by atoms with Crippen LogP contribution in [-0.2, 0) is 26.8 Å². The maximum absolute atomic E-state index is 13.9. The Hall–Kier alpha value is -2.72. The Kier molecular flexibility index (Phi) is 6.45. The van der Waals surface area contributed by atoms with Crippen molar-refractivity contribution in [3.8, 4) is 0 Å². The van der Waals surface area contributed by atoms with Crippen molar-refractivity contribution in [2.45, 2.75) is 29.7 Å². The van der Waals surface area contributed by atoms with Crippen molar-refractivity contribution in [3.05, 3.63) is 92.9 Å². The van der Waals surface area contributed by atoms with Crippen molar-refractivity contribution in [2.24, 2.45) is 0 Å². The molecule has 3 aromatic rings. The highest BCUT2D eigenvalue weighted by Gasteiger charge is 2.53. The monoisotopic (exact) mass is 588 g/mol. The van der Waals surface area contributed by atoms with Gasteiger partial charge in [0.05, 0.1) is 22.4 Å². The summed E-state index contributed by atoms with van der Waals surface area (Å²) >= 11 is 9.44. The number of hydrogen-bond donors (Lipinski definition) is 1. The van der Waals surface area contributed by atoms with E-state index in [0.29, 0.717) is 24.4 Å². The van der Waals surface area contributed by atoms with Gasteiger partial charge in [-0.25, -0.2) is 13.2 Å². The van der Waals surface area contributed by atoms with Crippen LogP contribution in [0.2, 0.25) is 5.02 Å². The van der Waals surface area contributed by atoms with Crippen LogP contribution in [0.25, 0.3) is 0 Å². The average Bonchev–Trinajstić information content (AvgIpc) is 3.07. The zero-order valence-electron chi connectivity index (χ0n) is 19.0. The lowest BCUT2D eigenvalue weighted by Gasteiger charge is -2.38. The van der Waals surface area contributed by atoms with Gasteiger partial charge in [-0.05, 0) is 78.6 Å². The number of carbonyl (C=O) groups is 2. The van der Waals surface area contributed by atoms with Crippen molar-refractivity contribution in [3.63, 3.8) is 0 Å². The van der Waals surface area contributed by atoms with E-state index in [9.17, 15) is 18.0 Å². The van der Waals surface area contributed by atoms with Crippen LogP contribution in [0.5, 0.6) is 0 Å². The number of fused-ring (bicyclic) bond motifs is 2. The molecule has 0 bridgehead atoms. The van der Waals surface area contributed by atoms with Gasteiger partial charge >= 0.3 is 5.97 Å². The number of rotatable bonds is 5. The maximum atomic E-state index is 13.9. The molecule has 5 rings (SSSR count). The van der Waals surface area contributed by atoms with Crippen LogP contribution in [0.15, 0.2) is 76.1 Å². The van der Waals surface area contributed by atoms with Gasteiger partial charge in [0, 0.05) is 28.3 Å². The lowest BCUT2D eigenvalue weighted by molar-refractivity contribution is -0.124. The second-order valence-electron chi connectivity index (χ2n) is 8.99. The number of hydrogen-bond acceptors (Lipinski definition) is 4. The summed E-state index contributed by atoms with van der Waals surface area (Å²) in [5, 5.41) is 9.63. The lowest BCUT2D eigenvalue weighted by Crippen LogP contribution is -2.50. The van der Waals surface area contributed by atoms with Crippen LogP contribution >= 0.6 is 27.5 Å². The van der Waals surface area contributed by atoms with Gasteiger partial charge in [-0.2, -0.15) is 4.31 Å². The van der Waals surface area contributed by atoms with Gasteiger partial charge in [0.25, 0.3) is 0 Å². The Bertz CT molecular complexity index is 1450. The molecule has 0 saturated carbocycles. The molecule has 2 heterocycles. The number of aromatic carboxylic acids is 1. The number of anilines is 1. The van der Waals surface area contributed by atoms with Gasteiger partial charge < -0.3 is 10.0 Å². The van der Waals surface area contributed by atoms with Crippen LogP contribution in [0, 0.1) is 0 Å². The van der Waals surface area contributed by atoms with E-state index in [1.165, 1.54) is 28.6 Å². The van der Waals surface area contributed by atoms with Gasteiger partial charge in [-0.3, -0.25) is 4.79 Å². The molecule has 7 nitrogen and oxygen atoms in total. The third kappa shape index (κ3) is 4.24. The summed E-state index contributed by atoms with van der Waals surface area (Å²) in [6, 6.07) is 18.3. The minimum Gasteiger partial charge on any atom is -0.478 e. The molecule has 0 radical (unpaired) electrons. The van der Waals surface area contributed by atoms with E-state index in [1.807, 2.05) is 18.2 Å². The summed E-state index contributed by atoms with van der Waals surface area (Å²) < 4.78 is 28.7. The first-order valence-electron chi connectivity index (χ1n) is 11.3. The highest BCUT2D eigenvalue weighted by atomic mass is 79.9. The van der Waals surface area contributed by atoms with E-state index < -0.39 is 21.4 Å². The number of carboxylic acids is 1. The number of nitrogens with zero attached hydrogens (tertiary/aromatic N) is 2. The van der Waals surface area contributed by atoms with Crippen molar-refractivity contribution in [2.75, 3.05) is 18.0 Å². The number of benzene rings is 3. The fourth-order valence-electron chi connectivity index (χ4n) is 5.05. The van der Waals surface area contributed by atoms with Crippen molar-refractivity contribution < 1.29 is 23.1 Å². The SMILES string of the molecule is O=C(O)c1ccc(CN2C(=O)C3(CCN(S(=O)(=O)c4ccc(Cl)cc4)CC3)c3cc(Br)ccc32)cc1. The fraction of sp³-hybridized carbons (Fsp3) is 0.231. The topological polar surface area (TPSA) is 95.0 Å². The molecule has 1 amide bonds. The van der Waals surface area contributed by atoms with E-state index in [2.05, 4.69) is 15.9 Å². The Labute approximate surface area is 222 Å². The molecule has 1 N–H and O–H groups in total. The Morgan fingerprint density at radius 2 is 1.64 bits per heavy atom. The normalized spacial score (nSPS) is 17.4. The fourth-order valence-corrected chi connectivity index (χ4v) is 6.98. The predicted molar refractivity (Wildman–Crippen MR) is 140 cm³/mol. The first-order valence-corrected chi connectivity index (χ1v) is 13.9. The standard InChI is InChI=1S/C26H22BrClN2O5S/c27-19-5-10-23-22(15-19)26(25(33)30(23)16-17-1-3-18(4-2-17)24(31)32)11-13-29(14-12-26)36(34,35)21-8-6-20(28)7-9-21/h1-10,15H,11-14,16H2,(H,31,32). The molecule has 0 atom stereocenters. The van der Waals surface area contributed by atoms with Crippen LogP contribution in [0.1, 0.15) is 34.3 Å². The molecule has 2 aliphatic heterocycles. The first kappa shape index (κ1) is 25.0. The largest absolute Gasteiger partial charge is 0.478 e. The Morgan fingerprint density at radius 1 is 1.00 bits per heavy atom. The van der Waals surface area contributed by atoms with Gasteiger partial charge in [0.15, 0.2) is 0 Å². The number of carboxylic acid groups (broad SMARTS) is 1. The number of sulfonamides is 1. The average molecular weight is 590 g/mol. The van der Waals surface area contributed by atoms with Gasteiger partial charge in [0.2, 0.25) is 15.9 Å². The molecule has 186 valence electrons. The van der Waals surface area contributed by atoms with E-state index in [1.54, 1.807) is 29.2 Å². The number of amides is 1. The first-order chi connectivity index (χ1) is 17.1. The van der Waals surface area contributed by atoms with Gasteiger partial charge in [-0.1, -0.05) is 39.7 Å². The molecule has 2 aliphatic rings. The minimum absolute atomic E-state index is 0.0681. The highest BCUT2D eigenvalue weighted by Crippen LogP contribution is 2.49. The number of piperidine rings is 1. The molecular formula is C26H22BrClN2O5S. The van der Waals surface area contributed by atoms with E-state index in [-0.39, 0.29) is 29.5 Å². The molecule has 1 saturated heterocycles. The predicted octanol–water partition coefficient (Wildman–Crippen LogP) is 5.07. The highest BCUT2D eigenvalue weighted by molar-refractivity contribution is 9.10. The quantitative estimate of drug-likeness (QED) is 0.448. The third-order valence-electron chi connectivity index (χ3n) is 6.99. The van der Waals surface area contributed by atoms with E-state index in [0.717, 1.165) is 21.3 Å². The second kappa shape index (κ2) is 9.30. The minimum atomic E-state index is -3.71. The number of halogens is 2. The van der Waals surface area contributed by atoms with Gasteiger partial charge in [-0.15, -0.1) is 0 Å². The molecule has 10 heteroatoms. The summed E-state index contributed by atoms with van der Waals surface area (Å²) in [5.41, 5.74) is 1.84. The molecular weight excluding hydrogens is 568 g/mol. The summed E-state index contributed by atoms with van der Waals surface area (Å²) in [5.74, 6) is -1.07. The Morgan fingerprint density at radius 3 is 2.25 bits per heavy atom. The maximum Gasteiger partial charge on any atom is 0.335 e. The molecule has 36 heavy (non-hydrogen) atoms. The van der Waals surface area contributed by atoms with Crippen molar-refractivity contribution >= 4 is 55.1 Å². The van der Waals surface area contributed by atoms with E-state index in [4.69, 9.17) is 16.7 Å². The molecule has 0 aliphatic carbocycles. The molecule has 1 fully saturated rings. The van der Waals surface area contributed by atoms with Crippen molar-refractivity contribution in [1.82, 2.24) is 4.31 Å². The molecule has 0 unspecified atom stereocenters. The third-order valence-corrected chi connectivity index (χ3v) is 9.65. The van der Waals surface area contributed by atoms with Crippen LogP contribution in [0.4, 0.5) is 5.69 Å². The van der Waals surface area contributed by atoms with Crippen LogP contribution in [-0.4, -0.2) is 42.8 Å². The van der Waals surface area contributed by atoms with Crippen LogP contribution < -0.4 is 4.90 Å².